The highest BCUT2D eigenvalue weighted by molar-refractivity contribution is 5.91. The third kappa shape index (κ3) is 2.84. The number of hydrogen-bond acceptors (Lipinski definition) is 3. The van der Waals surface area contributed by atoms with Crippen molar-refractivity contribution in [1.82, 2.24) is 0 Å². The van der Waals surface area contributed by atoms with Crippen molar-refractivity contribution in [3.63, 3.8) is 0 Å². The molecule has 0 radical (unpaired) electrons. The molecular weight excluding hydrogens is 328 g/mol. The van der Waals surface area contributed by atoms with Gasteiger partial charge in [0, 0.05) is 11.3 Å². The second-order valence-corrected chi connectivity index (χ2v) is 6.62. The normalized spacial score (nSPS) is 21.8. The van der Waals surface area contributed by atoms with Gasteiger partial charge >= 0.3 is 11.9 Å². The molecule has 0 spiro atoms. The molecule has 2 unspecified atom stereocenters. The number of rotatable bonds is 4. The lowest BCUT2D eigenvalue weighted by Gasteiger charge is -2.40. The predicted octanol–water partition coefficient (Wildman–Crippen LogP) is 4.25. The van der Waals surface area contributed by atoms with E-state index in [4.69, 9.17) is 4.74 Å². The van der Waals surface area contributed by atoms with Gasteiger partial charge in [-0.1, -0.05) is 66.7 Å². The van der Waals surface area contributed by atoms with Crippen molar-refractivity contribution in [2.75, 3.05) is 0 Å². The van der Waals surface area contributed by atoms with Crippen LogP contribution in [0.4, 0.5) is 0 Å². The van der Waals surface area contributed by atoms with E-state index < -0.39 is 17.8 Å². The fourth-order valence-corrected chi connectivity index (χ4v) is 3.76. The molecule has 1 N–H and O–H groups in total. The molecule has 1 saturated carbocycles. The van der Waals surface area contributed by atoms with Crippen molar-refractivity contribution >= 4 is 22.7 Å². The first-order valence-electron chi connectivity index (χ1n) is 8.62. The Bertz CT molecular complexity index is 959. The molecule has 130 valence electrons. The minimum Gasteiger partial charge on any atom is -0.481 e. The quantitative estimate of drug-likeness (QED) is 0.567. The van der Waals surface area contributed by atoms with E-state index in [1.165, 1.54) is 0 Å². The molecule has 0 amide bonds. The average Bonchev–Trinajstić information content (AvgIpc) is 2.62. The average molecular weight is 346 g/mol. The van der Waals surface area contributed by atoms with E-state index in [-0.39, 0.29) is 11.9 Å². The van der Waals surface area contributed by atoms with Gasteiger partial charge in [-0.2, -0.15) is 0 Å². The molecule has 4 rings (SSSR count). The predicted molar refractivity (Wildman–Crippen MR) is 98.0 cm³/mol. The topological polar surface area (TPSA) is 63.6 Å². The van der Waals surface area contributed by atoms with Gasteiger partial charge in [-0.15, -0.1) is 0 Å². The maximum absolute atomic E-state index is 12.8. The summed E-state index contributed by atoms with van der Waals surface area (Å²) in [6.07, 6.45) is 0.304. The van der Waals surface area contributed by atoms with Crippen molar-refractivity contribution in [1.29, 1.82) is 0 Å². The van der Waals surface area contributed by atoms with Crippen LogP contribution < -0.4 is 4.74 Å². The lowest BCUT2D eigenvalue weighted by molar-refractivity contribution is -0.155. The van der Waals surface area contributed by atoms with Crippen LogP contribution in [0.25, 0.3) is 10.8 Å². The van der Waals surface area contributed by atoms with Crippen molar-refractivity contribution in [3.05, 3.63) is 78.4 Å². The molecule has 4 nitrogen and oxygen atoms in total. The summed E-state index contributed by atoms with van der Waals surface area (Å²) in [7, 11) is 0. The number of carboxylic acid groups (broad SMARTS) is 1. The number of ether oxygens (including phenoxy) is 1. The molecule has 1 aliphatic rings. The summed E-state index contributed by atoms with van der Waals surface area (Å²) >= 11 is 0. The molecule has 1 fully saturated rings. The summed E-state index contributed by atoms with van der Waals surface area (Å²) in [6, 6.07) is 22.6. The zero-order chi connectivity index (χ0) is 18.1. The Morgan fingerprint density at radius 2 is 1.54 bits per heavy atom. The Morgan fingerprint density at radius 3 is 2.31 bits per heavy atom. The Morgan fingerprint density at radius 1 is 0.846 bits per heavy atom. The highest BCUT2D eigenvalue weighted by atomic mass is 16.5. The van der Waals surface area contributed by atoms with Gasteiger partial charge in [0.05, 0.1) is 11.8 Å². The molecule has 26 heavy (non-hydrogen) atoms. The van der Waals surface area contributed by atoms with E-state index in [2.05, 4.69) is 0 Å². The van der Waals surface area contributed by atoms with Gasteiger partial charge in [-0.25, -0.2) is 0 Å². The van der Waals surface area contributed by atoms with E-state index >= 15 is 0 Å². The van der Waals surface area contributed by atoms with Gasteiger partial charge in [-0.05, 0) is 23.4 Å². The zero-order valence-corrected chi connectivity index (χ0v) is 14.0. The molecule has 0 heterocycles. The molecule has 4 heteroatoms. The first kappa shape index (κ1) is 16.3. The van der Waals surface area contributed by atoms with Crippen LogP contribution in [-0.2, 0) is 9.59 Å². The van der Waals surface area contributed by atoms with Crippen molar-refractivity contribution in [2.45, 2.75) is 12.3 Å². The molecule has 0 saturated heterocycles. The van der Waals surface area contributed by atoms with Crippen LogP contribution in [0, 0.1) is 11.8 Å². The Balaban J connectivity index is 1.60. The number of carbonyl (C=O) groups is 2. The van der Waals surface area contributed by atoms with Crippen molar-refractivity contribution < 1.29 is 19.4 Å². The molecule has 0 aliphatic heterocycles. The third-order valence-corrected chi connectivity index (χ3v) is 5.14. The molecule has 1 aliphatic carbocycles. The van der Waals surface area contributed by atoms with Crippen LogP contribution in [-0.4, -0.2) is 17.0 Å². The maximum Gasteiger partial charge on any atom is 0.315 e. The monoisotopic (exact) mass is 346 g/mol. The summed E-state index contributed by atoms with van der Waals surface area (Å²) < 4.78 is 5.68. The Kier molecular flexibility index (Phi) is 4.17. The van der Waals surface area contributed by atoms with Gasteiger partial charge in [0.25, 0.3) is 0 Å². The summed E-state index contributed by atoms with van der Waals surface area (Å²) in [6.45, 7) is 0. The van der Waals surface area contributed by atoms with Gasteiger partial charge < -0.3 is 9.84 Å². The smallest absolute Gasteiger partial charge is 0.315 e. The molecule has 0 bridgehead atoms. The number of benzene rings is 3. The second kappa shape index (κ2) is 6.64. The molecular formula is C22H18O4. The van der Waals surface area contributed by atoms with Crippen LogP contribution in [0.15, 0.2) is 72.8 Å². The summed E-state index contributed by atoms with van der Waals surface area (Å²) in [5.41, 5.74) is 0.867. The Hall–Kier alpha value is -3.14. The highest BCUT2D eigenvalue weighted by Gasteiger charge is 2.50. The summed E-state index contributed by atoms with van der Waals surface area (Å²) in [4.78, 5) is 24.3. The standard InChI is InChI=1S/C22H18O4/c23-21(24)17-13-18(20(17)15-8-2-1-3-9-15)22(25)26-19-12-6-10-14-7-4-5-11-16(14)19/h1-12,17-18,20H,13H2,(H,23,24)/t17?,18-,20?/m1/s1. The molecule has 3 aromatic carbocycles. The fraction of sp³-hybridized carbons (Fsp3) is 0.182. The number of esters is 1. The van der Waals surface area contributed by atoms with E-state index in [9.17, 15) is 14.7 Å². The van der Waals surface area contributed by atoms with Crippen molar-refractivity contribution in [2.24, 2.45) is 11.8 Å². The van der Waals surface area contributed by atoms with E-state index in [1.807, 2.05) is 66.7 Å². The fourth-order valence-electron chi connectivity index (χ4n) is 3.76. The van der Waals surface area contributed by atoms with Gasteiger partial charge in [-0.3, -0.25) is 9.59 Å². The molecule has 3 aromatic rings. The van der Waals surface area contributed by atoms with E-state index in [1.54, 1.807) is 6.07 Å². The molecule has 0 aromatic heterocycles. The SMILES string of the molecule is O=C(O)C1C[C@@H](C(=O)Oc2cccc3ccccc23)C1c1ccccc1. The van der Waals surface area contributed by atoms with Crippen LogP contribution in [0.5, 0.6) is 5.75 Å². The highest BCUT2D eigenvalue weighted by Crippen LogP contribution is 2.48. The number of aliphatic carboxylic acids is 1. The van der Waals surface area contributed by atoms with E-state index in [0.29, 0.717) is 12.2 Å². The summed E-state index contributed by atoms with van der Waals surface area (Å²) in [5.74, 6) is -2.07. The van der Waals surface area contributed by atoms with Crippen molar-refractivity contribution in [3.8, 4) is 5.75 Å². The number of carbonyl (C=O) groups excluding carboxylic acids is 1. The Labute approximate surface area is 151 Å². The van der Waals surface area contributed by atoms with E-state index in [0.717, 1.165) is 16.3 Å². The first-order valence-corrected chi connectivity index (χ1v) is 8.62. The lowest BCUT2D eigenvalue weighted by atomic mass is 9.62. The number of fused-ring (bicyclic) bond motifs is 1. The number of hydrogen-bond donors (Lipinski definition) is 1. The second-order valence-electron chi connectivity index (χ2n) is 6.62. The van der Waals surface area contributed by atoms with Crippen LogP contribution in [0.3, 0.4) is 0 Å². The van der Waals surface area contributed by atoms with Gasteiger partial charge in [0.1, 0.15) is 5.75 Å². The largest absolute Gasteiger partial charge is 0.481 e. The lowest BCUT2D eigenvalue weighted by Crippen LogP contribution is -2.45. The van der Waals surface area contributed by atoms with Gasteiger partial charge in [0.15, 0.2) is 0 Å². The molecule has 3 atom stereocenters. The first-order chi connectivity index (χ1) is 12.6. The minimum absolute atomic E-state index is 0.304. The maximum atomic E-state index is 12.8. The minimum atomic E-state index is -0.868. The van der Waals surface area contributed by atoms with Crippen LogP contribution in [0.2, 0.25) is 0 Å². The van der Waals surface area contributed by atoms with Crippen LogP contribution in [0.1, 0.15) is 17.9 Å². The van der Waals surface area contributed by atoms with Gasteiger partial charge in [0.2, 0.25) is 0 Å². The summed E-state index contributed by atoms with van der Waals surface area (Å²) in [5, 5.41) is 11.3. The zero-order valence-electron chi connectivity index (χ0n) is 14.0. The number of carboxylic acids is 1. The third-order valence-electron chi connectivity index (χ3n) is 5.14. The van der Waals surface area contributed by atoms with Crippen LogP contribution >= 0.6 is 0 Å².